The van der Waals surface area contributed by atoms with Gasteiger partial charge in [0.05, 0.1) is 18.2 Å². The van der Waals surface area contributed by atoms with Crippen LogP contribution in [0.15, 0.2) is 75.0 Å². The molecule has 3 rings (SSSR count). The van der Waals surface area contributed by atoms with Crippen LogP contribution in [0, 0.1) is 0 Å². The highest BCUT2D eigenvalue weighted by atomic mass is 16.3. The molecule has 0 radical (unpaired) electrons. The van der Waals surface area contributed by atoms with E-state index in [9.17, 15) is 9.59 Å². The number of hydrazone groups is 1. The lowest BCUT2D eigenvalue weighted by molar-refractivity contribution is 0.0926. The summed E-state index contributed by atoms with van der Waals surface area (Å²) in [5.74, 6) is -0.324. The van der Waals surface area contributed by atoms with Crippen molar-refractivity contribution in [3.05, 3.63) is 78.1 Å². The minimum atomic E-state index is -0.424. The van der Waals surface area contributed by atoms with Gasteiger partial charge in [-0.1, -0.05) is 12.1 Å². The molecular weight excluding hydrogens is 322 g/mol. The summed E-state index contributed by atoms with van der Waals surface area (Å²) < 4.78 is 10.0. The molecule has 0 fully saturated rings. The number of anilines is 1. The van der Waals surface area contributed by atoms with Crippen LogP contribution in [0.2, 0.25) is 0 Å². The number of carbonyl (C=O) groups is 2. The predicted molar refractivity (Wildman–Crippen MR) is 91.5 cm³/mol. The molecule has 2 amide bonds. The second-order valence-corrected chi connectivity index (χ2v) is 5.12. The van der Waals surface area contributed by atoms with E-state index in [1.54, 1.807) is 55.5 Å². The summed E-state index contributed by atoms with van der Waals surface area (Å²) in [4.78, 5) is 23.7. The lowest BCUT2D eigenvalue weighted by Crippen LogP contribution is -2.18. The summed E-state index contributed by atoms with van der Waals surface area (Å²) in [6.45, 7) is 1.76. The number of amides is 2. The molecule has 0 unspecified atom stereocenters. The van der Waals surface area contributed by atoms with Gasteiger partial charge in [-0.05, 0) is 48.9 Å². The molecule has 2 aromatic heterocycles. The van der Waals surface area contributed by atoms with Crippen molar-refractivity contribution in [2.75, 3.05) is 5.32 Å². The Labute approximate surface area is 143 Å². The van der Waals surface area contributed by atoms with E-state index >= 15 is 0 Å². The maximum atomic E-state index is 11.9. The van der Waals surface area contributed by atoms with Crippen molar-refractivity contribution in [2.24, 2.45) is 5.10 Å². The van der Waals surface area contributed by atoms with E-state index in [0.29, 0.717) is 11.4 Å². The summed E-state index contributed by atoms with van der Waals surface area (Å²) in [7, 11) is 0. The van der Waals surface area contributed by atoms with E-state index < -0.39 is 5.91 Å². The van der Waals surface area contributed by atoms with E-state index in [-0.39, 0.29) is 17.4 Å². The molecule has 0 saturated carbocycles. The number of nitrogens with one attached hydrogen (secondary N) is 2. The van der Waals surface area contributed by atoms with Gasteiger partial charge in [0.25, 0.3) is 5.91 Å². The van der Waals surface area contributed by atoms with Crippen LogP contribution < -0.4 is 10.7 Å². The zero-order valence-electron chi connectivity index (χ0n) is 13.4. The number of nitrogens with zero attached hydrogens (tertiary/aromatic N) is 1. The van der Waals surface area contributed by atoms with Gasteiger partial charge in [-0.2, -0.15) is 5.10 Å². The Balaban J connectivity index is 1.62. The molecule has 1 aromatic carbocycles. The van der Waals surface area contributed by atoms with Crippen LogP contribution in [0.4, 0.5) is 5.69 Å². The Hall–Kier alpha value is -3.61. The Kier molecular flexibility index (Phi) is 4.75. The Morgan fingerprint density at radius 1 is 0.880 bits per heavy atom. The smallest absolute Gasteiger partial charge is 0.307 e. The van der Waals surface area contributed by atoms with Gasteiger partial charge in [0.2, 0.25) is 0 Å². The first-order chi connectivity index (χ1) is 12.1. The summed E-state index contributed by atoms with van der Waals surface area (Å²) >= 11 is 0. The SMILES string of the molecule is C/C(=N/NC(=O)c1ccco1)c1ccc(NC(=O)c2ccco2)cc1. The van der Waals surface area contributed by atoms with Crippen LogP contribution in [0.1, 0.15) is 33.6 Å². The molecule has 126 valence electrons. The molecule has 7 nitrogen and oxygen atoms in total. The zero-order chi connectivity index (χ0) is 17.6. The third-order valence-electron chi connectivity index (χ3n) is 3.38. The second kappa shape index (κ2) is 7.31. The average Bonchev–Trinajstić information content (AvgIpc) is 3.33. The molecule has 0 bridgehead atoms. The summed E-state index contributed by atoms with van der Waals surface area (Å²) in [5.41, 5.74) is 4.46. The fourth-order valence-electron chi connectivity index (χ4n) is 2.06. The van der Waals surface area contributed by atoms with Crippen molar-refractivity contribution in [3.63, 3.8) is 0 Å². The number of furan rings is 2. The molecule has 0 spiro atoms. The summed E-state index contributed by atoms with van der Waals surface area (Å²) in [6, 6.07) is 13.5. The average molecular weight is 337 g/mol. The fourth-order valence-corrected chi connectivity index (χ4v) is 2.06. The molecule has 3 aromatic rings. The summed E-state index contributed by atoms with van der Waals surface area (Å²) in [5, 5.41) is 6.76. The van der Waals surface area contributed by atoms with Crippen molar-refractivity contribution in [1.29, 1.82) is 0 Å². The molecule has 0 aliphatic rings. The lowest BCUT2D eigenvalue weighted by Gasteiger charge is -2.05. The Morgan fingerprint density at radius 2 is 1.48 bits per heavy atom. The van der Waals surface area contributed by atoms with Crippen molar-refractivity contribution >= 4 is 23.2 Å². The van der Waals surface area contributed by atoms with E-state index in [4.69, 9.17) is 8.83 Å². The molecule has 7 heteroatoms. The Morgan fingerprint density at radius 3 is 2.04 bits per heavy atom. The molecule has 0 aliphatic heterocycles. The third kappa shape index (κ3) is 4.03. The highest BCUT2D eigenvalue weighted by molar-refractivity contribution is 6.03. The van der Waals surface area contributed by atoms with Gasteiger partial charge in [-0.25, -0.2) is 5.43 Å². The molecule has 2 heterocycles. The quantitative estimate of drug-likeness (QED) is 0.551. The van der Waals surface area contributed by atoms with Gasteiger partial charge in [0.15, 0.2) is 11.5 Å². The lowest BCUT2D eigenvalue weighted by atomic mass is 10.1. The van der Waals surface area contributed by atoms with E-state index in [2.05, 4.69) is 15.8 Å². The highest BCUT2D eigenvalue weighted by Crippen LogP contribution is 2.12. The molecule has 0 aliphatic carbocycles. The van der Waals surface area contributed by atoms with Crippen LogP contribution in [-0.4, -0.2) is 17.5 Å². The minimum absolute atomic E-state index is 0.188. The standard InChI is InChI=1S/C18H15N3O4/c1-12(20-21-18(23)16-5-3-11-25-16)13-6-8-14(9-7-13)19-17(22)15-4-2-10-24-15/h2-11H,1H3,(H,19,22)(H,21,23)/b20-12-. The van der Waals surface area contributed by atoms with Gasteiger partial charge < -0.3 is 14.2 Å². The van der Waals surface area contributed by atoms with Crippen LogP contribution in [0.5, 0.6) is 0 Å². The van der Waals surface area contributed by atoms with Crippen LogP contribution in [0.3, 0.4) is 0 Å². The van der Waals surface area contributed by atoms with Crippen LogP contribution in [-0.2, 0) is 0 Å². The van der Waals surface area contributed by atoms with Gasteiger partial charge in [0, 0.05) is 5.69 Å². The molecule has 0 atom stereocenters. The van der Waals surface area contributed by atoms with Gasteiger partial charge in [0.1, 0.15) is 0 Å². The molecular formula is C18H15N3O4. The first-order valence-electron chi connectivity index (χ1n) is 7.47. The Bertz CT molecular complexity index is 879. The number of carbonyl (C=O) groups excluding carboxylic acids is 2. The fraction of sp³-hybridized carbons (Fsp3) is 0.0556. The first-order valence-corrected chi connectivity index (χ1v) is 7.47. The zero-order valence-corrected chi connectivity index (χ0v) is 13.4. The topological polar surface area (TPSA) is 96.8 Å². The monoisotopic (exact) mass is 337 g/mol. The van der Waals surface area contributed by atoms with E-state index in [0.717, 1.165) is 5.56 Å². The maximum absolute atomic E-state index is 11.9. The van der Waals surface area contributed by atoms with Crippen LogP contribution in [0.25, 0.3) is 0 Å². The van der Waals surface area contributed by atoms with E-state index in [1.807, 2.05) is 0 Å². The molecule has 0 saturated heterocycles. The minimum Gasteiger partial charge on any atom is -0.459 e. The number of benzene rings is 1. The normalized spacial score (nSPS) is 11.2. The largest absolute Gasteiger partial charge is 0.459 e. The summed E-state index contributed by atoms with van der Waals surface area (Å²) in [6.07, 6.45) is 2.86. The third-order valence-corrected chi connectivity index (χ3v) is 3.38. The molecule has 25 heavy (non-hydrogen) atoms. The second-order valence-electron chi connectivity index (χ2n) is 5.12. The van der Waals surface area contributed by atoms with Gasteiger partial charge >= 0.3 is 5.91 Å². The number of hydrogen-bond acceptors (Lipinski definition) is 5. The van der Waals surface area contributed by atoms with Crippen molar-refractivity contribution in [1.82, 2.24) is 5.43 Å². The predicted octanol–water partition coefficient (Wildman–Crippen LogP) is 3.28. The van der Waals surface area contributed by atoms with Crippen molar-refractivity contribution in [2.45, 2.75) is 6.92 Å². The van der Waals surface area contributed by atoms with E-state index in [1.165, 1.54) is 12.5 Å². The van der Waals surface area contributed by atoms with Crippen LogP contribution >= 0.6 is 0 Å². The number of hydrogen-bond donors (Lipinski definition) is 2. The van der Waals surface area contributed by atoms with Gasteiger partial charge in [-0.15, -0.1) is 0 Å². The number of rotatable bonds is 5. The van der Waals surface area contributed by atoms with Crippen molar-refractivity contribution in [3.8, 4) is 0 Å². The first kappa shape index (κ1) is 16.3. The maximum Gasteiger partial charge on any atom is 0.307 e. The highest BCUT2D eigenvalue weighted by Gasteiger charge is 2.09. The van der Waals surface area contributed by atoms with Crippen molar-refractivity contribution < 1.29 is 18.4 Å². The molecule has 2 N–H and O–H groups in total. The van der Waals surface area contributed by atoms with Gasteiger partial charge in [-0.3, -0.25) is 9.59 Å².